The third-order valence-corrected chi connectivity index (χ3v) is 4.96. The van der Waals surface area contributed by atoms with E-state index in [1.807, 2.05) is 45.0 Å². The first-order valence-corrected chi connectivity index (χ1v) is 10.1. The number of hydrogen-bond donors (Lipinski definition) is 1. The zero-order valence-corrected chi connectivity index (χ0v) is 17.5. The number of nitrogens with zero attached hydrogens (tertiary/aromatic N) is 1. The molecule has 0 aliphatic heterocycles. The molecule has 4 heteroatoms. The van der Waals surface area contributed by atoms with Gasteiger partial charge in [-0.05, 0) is 44.7 Å². The van der Waals surface area contributed by atoms with E-state index in [9.17, 15) is 9.59 Å². The quantitative estimate of drug-likeness (QED) is 0.709. The Bertz CT molecular complexity index is 766. The molecular formula is C24H32N2O2. The van der Waals surface area contributed by atoms with Crippen LogP contribution in [-0.2, 0) is 22.6 Å². The maximum Gasteiger partial charge on any atom is 0.242 e. The molecule has 1 N–H and O–H groups in total. The number of hydrogen-bond acceptors (Lipinski definition) is 2. The summed E-state index contributed by atoms with van der Waals surface area (Å²) in [6, 6.07) is 15.9. The van der Waals surface area contributed by atoms with Crippen LogP contribution >= 0.6 is 0 Å². The molecule has 2 aromatic carbocycles. The summed E-state index contributed by atoms with van der Waals surface area (Å²) in [6.45, 7) is 8.95. The summed E-state index contributed by atoms with van der Waals surface area (Å²) in [5.41, 5.74) is 4.56. The largest absolute Gasteiger partial charge is 0.355 e. The van der Waals surface area contributed by atoms with Crippen LogP contribution in [0.3, 0.4) is 0 Å². The Kier molecular flexibility index (Phi) is 8.24. The molecular weight excluding hydrogens is 348 g/mol. The van der Waals surface area contributed by atoms with Gasteiger partial charge in [0.1, 0.15) is 6.04 Å². The number of carbonyl (C=O) groups is 2. The van der Waals surface area contributed by atoms with E-state index in [-0.39, 0.29) is 11.8 Å². The lowest BCUT2D eigenvalue weighted by Gasteiger charge is -2.30. The first-order chi connectivity index (χ1) is 13.4. The van der Waals surface area contributed by atoms with Crippen molar-refractivity contribution in [1.29, 1.82) is 0 Å². The number of likely N-dealkylation sites (N-methyl/N-ethyl adjacent to an activating group) is 1. The Hall–Kier alpha value is -2.62. The average Bonchev–Trinajstić information content (AvgIpc) is 2.69. The van der Waals surface area contributed by atoms with E-state index in [0.717, 1.165) is 11.1 Å². The number of benzene rings is 2. The summed E-state index contributed by atoms with van der Waals surface area (Å²) in [4.78, 5) is 27.4. The van der Waals surface area contributed by atoms with E-state index >= 15 is 0 Å². The predicted molar refractivity (Wildman–Crippen MR) is 114 cm³/mol. The van der Waals surface area contributed by atoms with E-state index < -0.39 is 6.04 Å². The molecule has 0 aliphatic rings. The van der Waals surface area contributed by atoms with Crippen LogP contribution in [-0.4, -0.2) is 29.3 Å². The van der Waals surface area contributed by atoms with Gasteiger partial charge in [0.25, 0.3) is 0 Å². The topological polar surface area (TPSA) is 49.4 Å². The smallest absolute Gasteiger partial charge is 0.242 e. The van der Waals surface area contributed by atoms with Gasteiger partial charge in [-0.2, -0.15) is 0 Å². The zero-order chi connectivity index (χ0) is 20.5. The SMILES string of the molecule is CCNC(=O)[C@H](CC)N(Cc1ccc(C)cc1)C(=O)CCc1ccc(C)cc1. The minimum absolute atomic E-state index is 0.0132. The minimum atomic E-state index is -0.452. The van der Waals surface area contributed by atoms with E-state index in [2.05, 4.69) is 36.5 Å². The molecule has 1 atom stereocenters. The molecule has 0 fully saturated rings. The lowest BCUT2D eigenvalue weighted by Crippen LogP contribution is -2.49. The van der Waals surface area contributed by atoms with Crippen LogP contribution in [0.15, 0.2) is 48.5 Å². The molecule has 4 nitrogen and oxygen atoms in total. The molecule has 0 saturated heterocycles. The van der Waals surface area contributed by atoms with Crippen LogP contribution in [0.1, 0.15) is 48.9 Å². The van der Waals surface area contributed by atoms with Gasteiger partial charge in [0.15, 0.2) is 0 Å². The van der Waals surface area contributed by atoms with Gasteiger partial charge in [-0.15, -0.1) is 0 Å². The highest BCUT2D eigenvalue weighted by Crippen LogP contribution is 2.16. The monoisotopic (exact) mass is 380 g/mol. The van der Waals surface area contributed by atoms with Crippen molar-refractivity contribution in [3.8, 4) is 0 Å². The van der Waals surface area contributed by atoms with Gasteiger partial charge in [-0.3, -0.25) is 9.59 Å². The zero-order valence-electron chi connectivity index (χ0n) is 17.5. The molecule has 2 amide bonds. The van der Waals surface area contributed by atoms with E-state index in [1.54, 1.807) is 4.90 Å². The van der Waals surface area contributed by atoms with Gasteiger partial charge in [-0.1, -0.05) is 66.6 Å². The maximum atomic E-state index is 13.1. The summed E-state index contributed by atoms with van der Waals surface area (Å²) in [6.07, 6.45) is 1.66. The van der Waals surface area contributed by atoms with Crippen LogP contribution in [0.5, 0.6) is 0 Å². The second-order valence-corrected chi connectivity index (χ2v) is 7.31. The van der Waals surface area contributed by atoms with Gasteiger partial charge in [0.05, 0.1) is 0 Å². The van der Waals surface area contributed by atoms with Crippen molar-refractivity contribution < 1.29 is 9.59 Å². The Morgan fingerprint density at radius 2 is 1.43 bits per heavy atom. The number of rotatable bonds is 9. The van der Waals surface area contributed by atoms with E-state index in [1.165, 1.54) is 11.1 Å². The molecule has 0 saturated carbocycles. The predicted octanol–water partition coefficient (Wildman–Crippen LogP) is 4.18. The summed E-state index contributed by atoms with van der Waals surface area (Å²) in [5.74, 6) is -0.0694. The van der Waals surface area contributed by atoms with Crippen molar-refractivity contribution in [1.82, 2.24) is 10.2 Å². The lowest BCUT2D eigenvalue weighted by molar-refractivity contribution is -0.141. The maximum absolute atomic E-state index is 13.1. The Balaban J connectivity index is 2.16. The van der Waals surface area contributed by atoms with Gasteiger partial charge in [-0.25, -0.2) is 0 Å². The lowest BCUT2D eigenvalue weighted by atomic mass is 10.0. The molecule has 0 unspecified atom stereocenters. The molecule has 2 aromatic rings. The van der Waals surface area contributed by atoms with Gasteiger partial charge in [0, 0.05) is 19.5 Å². The fraction of sp³-hybridized carbons (Fsp3) is 0.417. The van der Waals surface area contributed by atoms with Crippen LogP contribution in [0.4, 0.5) is 0 Å². The normalized spacial score (nSPS) is 11.7. The number of nitrogens with one attached hydrogen (secondary N) is 1. The molecule has 0 radical (unpaired) electrons. The van der Waals surface area contributed by atoms with Crippen molar-refractivity contribution in [2.45, 2.75) is 59.5 Å². The van der Waals surface area contributed by atoms with Crippen LogP contribution < -0.4 is 5.32 Å². The molecule has 0 bridgehead atoms. The van der Waals surface area contributed by atoms with Crippen molar-refractivity contribution in [3.05, 3.63) is 70.8 Å². The third-order valence-electron chi connectivity index (χ3n) is 4.96. The van der Waals surface area contributed by atoms with Gasteiger partial charge < -0.3 is 10.2 Å². The molecule has 150 valence electrons. The Morgan fingerprint density at radius 1 is 0.893 bits per heavy atom. The second kappa shape index (κ2) is 10.6. The summed E-state index contributed by atoms with van der Waals surface area (Å²) in [7, 11) is 0. The highest BCUT2D eigenvalue weighted by Gasteiger charge is 2.28. The second-order valence-electron chi connectivity index (χ2n) is 7.31. The van der Waals surface area contributed by atoms with Crippen LogP contribution in [0.2, 0.25) is 0 Å². The molecule has 0 heterocycles. The van der Waals surface area contributed by atoms with Crippen molar-refractivity contribution in [2.24, 2.45) is 0 Å². The van der Waals surface area contributed by atoms with Crippen molar-refractivity contribution in [2.75, 3.05) is 6.54 Å². The van der Waals surface area contributed by atoms with Crippen molar-refractivity contribution in [3.63, 3.8) is 0 Å². The standard InChI is InChI=1S/C24H32N2O2/c1-5-22(24(28)25-6-2)26(17-21-13-9-19(4)10-14-21)23(27)16-15-20-11-7-18(3)8-12-20/h7-14,22H,5-6,15-17H2,1-4H3,(H,25,28)/t22-/m0/s1. The summed E-state index contributed by atoms with van der Waals surface area (Å²) < 4.78 is 0. The van der Waals surface area contributed by atoms with Crippen LogP contribution in [0.25, 0.3) is 0 Å². The number of carbonyl (C=O) groups excluding carboxylic acids is 2. The first-order valence-electron chi connectivity index (χ1n) is 10.1. The molecule has 0 aliphatic carbocycles. The van der Waals surface area contributed by atoms with Crippen LogP contribution in [0, 0.1) is 13.8 Å². The highest BCUT2D eigenvalue weighted by atomic mass is 16.2. The fourth-order valence-corrected chi connectivity index (χ4v) is 3.25. The third kappa shape index (κ3) is 6.22. The van der Waals surface area contributed by atoms with Gasteiger partial charge in [0.2, 0.25) is 11.8 Å². The summed E-state index contributed by atoms with van der Waals surface area (Å²) in [5, 5.41) is 2.87. The Morgan fingerprint density at radius 3 is 1.93 bits per heavy atom. The van der Waals surface area contributed by atoms with E-state index in [0.29, 0.717) is 32.4 Å². The Labute approximate surface area is 169 Å². The summed E-state index contributed by atoms with van der Waals surface area (Å²) >= 11 is 0. The minimum Gasteiger partial charge on any atom is -0.355 e. The fourth-order valence-electron chi connectivity index (χ4n) is 3.25. The van der Waals surface area contributed by atoms with Crippen molar-refractivity contribution >= 4 is 11.8 Å². The highest BCUT2D eigenvalue weighted by molar-refractivity contribution is 5.87. The molecule has 0 spiro atoms. The number of aryl methyl sites for hydroxylation is 3. The average molecular weight is 381 g/mol. The molecule has 2 rings (SSSR count). The van der Waals surface area contributed by atoms with E-state index in [4.69, 9.17) is 0 Å². The van der Waals surface area contributed by atoms with Gasteiger partial charge >= 0.3 is 0 Å². The first kappa shape index (κ1) is 21.7. The number of amides is 2. The molecule has 28 heavy (non-hydrogen) atoms. The molecule has 0 aromatic heterocycles.